The van der Waals surface area contributed by atoms with Crippen LogP contribution in [0, 0.1) is 0 Å². The summed E-state index contributed by atoms with van der Waals surface area (Å²) in [6, 6.07) is 7.91. The summed E-state index contributed by atoms with van der Waals surface area (Å²) in [6.45, 7) is 4.22. The largest absolute Gasteiger partial charge is 0.496 e. The van der Waals surface area contributed by atoms with Crippen LogP contribution in [0.1, 0.15) is 51.5 Å². The van der Waals surface area contributed by atoms with Crippen molar-refractivity contribution in [1.82, 2.24) is 0 Å². The van der Waals surface area contributed by atoms with E-state index in [1.807, 2.05) is 37.3 Å². The highest BCUT2D eigenvalue weighted by molar-refractivity contribution is 5.69. The van der Waals surface area contributed by atoms with Crippen LogP contribution in [0.3, 0.4) is 0 Å². The molecule has 0 heterocycles. The summed E-state index contributed by atoms with van der Waals surface area (Å²) < 4.78 is 5.34. The molecule has 0 saturated carbocycles. The SMILES string of the molecule is CCCCCC[C@H](O)/C=C(\C)c1ccccc1OC. The van der Waals surface area contributed by atoms with E-state index >= 15 is 0 Å². The fourth-order valence-electron chi connectivity index (χ4n) is 2.21. The molecule has 0 aliphatic heterocycles. The normalized spacial score (nSPS) is 13.4. The van der Waals surface area contributed by atoms with Gasteiger partial charge in [0.15, 0.2) is 0 Å². The predicted octanol–water partition coefficient (Wildman–Crippen LogP) is 4.43. The minimum Gasteiger partial charge on any atom is -0.496 e. The molecule has 1 rings (SSSR count). The van der Waals surface area contributed by atoms with E-state index in [9.17, 15) is 5.11 Å². The number of methoxy groups -OCH3 is 1. The highest BCUT2D eigenvalue weighted by Gasteiger charge is 2.06. The van der Waals surface area contributed by atoms with Gasteiger partial charge in [0.05, 0.1) is 13.2 Å². The molecule has 0 amide bonds. The molecule has 0 unspecified atom stereocenters. The number of para-hydroxylation sites is 1. The zero-order valence-corrected chi connectivity index (χ0v) is 12.4. The van der Waals surface area contributed by atoms with Crippen LogP contribution < -0.4 is 4.74 Å². The molecule has 0 spiro atoms. The Kier molecular flexibility index (Phi) is 7.27. The number of rotatable bonds is 8. The molecular formula is C17H26O2. The zero-order valence-electron chi connectivity index (χ0n) is 12.4. The van der Waals surface area contributed by atoms with E-state index in [2.05, 4.69) is 6.92 Å². The maximum atomic E-state index is 10.0. The quantitative estimate of drug-likeness (QED) is 0.702. The third-order valence-corrected chi connectivity index (χ3v) is 3.33. The average Bonchev–Trinajstić information content (AvgIpc) is 2.43. The van der Waals surface area contributed by atoms with Gasteiger partial charge in [-0.25, -0.2) is 0 Å². The van der Waals surface area contributed by atoms with Gasteiger partial charge in [0, 0.05) is 5.56 Å². The van der Waals surface area contributed by atoms with Crippen molar-refractivity contribution in [3.8, 4) is 5.75 Å². The lowest BCUT2D eigenvalue weighted by Gasteiger charge is -2.11. The van der Waals surface area contributed by atoms with Crippen LogP contribution in [0.25, 0.3) is 5.57 Å². The van der Waals surface area contributed by atoms with Crippen molar-refractivity contribution < 1.29 is 9.84 Å². The molecule has 1 atom stereocenters. The molecule has 19 heavy (non-hydrogen) atoms. The van der Waals surface area contributed by atoms with Crippen molar-refractivity contribution in [2.45, 2.75) is 52.1 Å². The predicted molar refractivity (Wildman–Crippen MR) is 81.4 cm³/mol. The van der Waals surface area contributed by atoms with Crippen LogP contribution in [-0.2, 0) is 0 Å². The Hall–Kier alpha value is -1.28. The fourth-order valence-corrected chi connectivity index (χ4v) is 2.21. The van der Waals surface area contributed by atoms with Gasteiger partial charge in [-0.05, 0) is 25.0 Å². The van der Waals surface area contributed by atoms with Gasteiger partial charge in [-0.1, -0.05) is 56.9 Å². The highest BCUT2D eigenvalue weighted by atomic mass is 16.5. The van der Waals surface area contributed by atoms with E-state index in [1.54, 1.807) is 7.11 Å². The summed E-state index contributed by atoms with van der Waals surface area (Å²) in [5.41, 5.74) is 2.12. The van der Waals surface area contributed by atoms with Gasteiger partial charge in [-0.2, -0.15) is 0 Å². The Morgan fingerprint density at radius 1 is 1.26 bits per heavy atom. The first-order valence-corrected chi connectivity index (χ1v) is 7.19. The molecule has 0 aliphatic rings. The van der Waals surface area contributed by atoms with Crippen LogP contribution in [0.5, 0.6) is 5.75 Å². The number of aliphatic hydroxyl groups excluding tert-OH is 1. The van der Waals surface area contributed by atoms with Crippen molar-refractivity contribution in [3.05, 3.63) is 35.9 Å². The first-order valence-electron chi connectivity index (χ1n) is 7.19. The lowest BCUT2D eigenvalue weighted by molar-refractivity contribution is 0.208. The molecule has 1 aromatic carbocycles. The van der Waals surface area contributed by atoms with Gasteiger partial charge >= 0.3 is 0 Å². The third-order valence-electron chi connectivity index (χ3n) is 3.33. The Morgan fingerprint density at radius 3 is 2.68 bits per heavy atom. The second kappa shape index (κ2) is 8.76. The van der Waals surface area contributed by atoms with Gasteiger partial charge in [-0.15, -0.1) is 0 Å². The lowest BCUT2D eigenvalue weighted by atomic mass is 10.0. The van der Waals surface area contributed by atoms with Crippen LogP contribution in [0.2, 0.25) is 0 Å². The summed E-state index contributed by atoms with van der Waals surface area (Å²) in [6.07, 6.45) is 7.19. The lowest BCUT2D eigenvalue weighted by Crippen LogP contribution is -2.03. The van der Waals surface area contributed by atoms with E-state index in [0.29, 0.717) is 0 Å². The first kappa shape index (κ1) is 15.8. The maximum Gasteiger partial charge on any atom is 0.126 e. The molecule has 2 heteroatoms. The molecule has 106 valence electrons. The molecular weight excluding hydrogens is 236 g/mol. The number of hydrogen-bond donors (Lipinski definition) is 1. The molecule has 1 aromatic rings. The first-order chi connectivity index (χ1) is 9.19. The minimum absolute atomic E-state index is 0.359. The van der Waals surface area contributed by atoms with Crippen molar-refractivity contribution >= 4 is 5.57 Å². The van der Waals surface area contributed by atoms with Gasteiger partial charge in [0.1, 0.15) is 5.75 Å². The topological polar surface area (TPSA) is 29.5 Å². The van der Waals surface area contributed by atoms with Gasteiger partial charge in [0.25, 0.3) is 0 Å². The van der Waals surface area contributed by atoms with E-state index < -0.39 is 0 Å². The summed E-state index contributed by atoms with van der Waals surface area (Å²) >= 11 is 0. The van der Waals surface area contributed by atoms with Gasteiger partial charge in [0.2, 0.25) is 0 Å². The molecule has 0 aromatic heterocycles. The van der Waals surface area contributed by atoms with Gasteiger partial charge < -0.3 is 9.84 Å². The molecule has 0 saturated heterocycles. The number of aliphatic hydroxyl groups is 1. The Labute approximate surface area is 117 Å². The molecule has 1 N–H and O–H groups in total. The monoisotopic (exact) mass is 262 g/mol. The van der Waals surface area contributed by atoms with Crippen molar-refractivity contribution in [2.24, 2.45) is 0 Å². The fraction of sp³-hybridized carbons (Fsp3) is 0.529. The minimum atomic E-state index is -0.359. The highest BCUT2D eigenvalue weighted by Crippen LogP contribution is 2.25. The van der Waals surface area contributed by atoms with E-state index in [1.165, 1.54) is 19.3 Å². The average molecular weight is 262 g/mol. The number of benzene rings is 1. The Balaban J connectivity index is 2.59. The molecule has 0 aliphatic carbocycles. The summed E-state index contributed by atoms with van der Waals surface area (Å²) in [5.74, 6) is 0.856. The molecule has 0 fully saturated rings. The van der Waals surface area contributed by atoms with E-state index in [-0.39, 0.29) is 6.10 Å². The van der Waals surface area contributed by atoms with E-state index in [4.69, 9.17) is 4.74 Å². The standard InChI is InChI=1S/C17H26O2/c1-4-5-6-7-10-15(18)13-14(2)16-11-8-9-12-17(16)19-3/h8-9,11-13,15,18H,4-7,10H2,1-3H3/b14-13+/t15-/m0/s1. The Morgan fingerprint density at radius 2 is 2.00 bits per heavy atom. The van der Waals surface area contributed by atoms with Crippen LogP contribution in [0.4, 0.5) is 0 Å². The second-order valence-corrected chi connectivity index (χ2v) is 4.97. The van der Waals surface area contributed by atoms with Crippen LogP contribution >= 0.6 is 0 Å². The Bertz CT molecular complexity index is 396. The summed E-state index contributed by atoms with van der Waals surface area (Å²) in [4.78, 5) is 0. The third kappa shape index (κ3) is 5.48. The summed E-state index contributed by atoms with van der Waals surface area (Å²) in [5, 5.41) is 10.0. The smallest absolute Gasteiger partial charge is 0.126 e. The number of allylic oxidation sites excluding steroid dienone is 1. The van der Waals surface area contributed by atoms with E-state index in [0.717, 1.165) is 29.7 Å². The molecule has 0 radical (unpaired) electrons. The second-order valence-electron chi connectivity index (χ2n) is 4.97. The number of hydrogen-bond acceptors (Lipinski definition) is 2. The zero-order chi connectivity index (χ0) is 14.1. The maximum absolute atomic E-state index is 10.0. The van der Waals surface area contributed by atoms with Crippen LogP contribution in [-0.4, -0.2) is 18.3 Å². The summed E-state index contributed by atoms with van der Waals surface area (Å²) in [7, 11) is 1.67. The van der Waals surface area contributed by atoms with Crippen molar-refractivity contribution in [3.63, 3.8) is 0 Å². The molecule has 0 bridgehead atoms. The van der Waals surface area contributed by atoms with Crippen LogP contribution in [0.15, 0.2) is 30.3 Å². The number of unbranched alkanes of at least 4 members (excludes halogenated alkanes) is 3. The number of ether oxygens (including phenoxy) is 1. The van der Waals surface area contributed by atoms with Crippen molar-refractivity contribution in [2.75, 3.05) is 7.11 Å². The van der Waals surface area contributed by atoms with Crippen molar-refractivity contribution in [1.29, 1.82) is 0 Å². The molecule has 2 nitrogen and oxygen atoms in total. The van der Waals surface area contributed by atoms with Gasteiger partial charge in [-0.3, -0.25) is 0 Å².